The van der Waals surface area contributed by atoms with Crippen LogP contribution in [0.4, 0.5) is 5.13 Å². The van der Waals surface area contributed by atoms with E-state index in [0.29, 0.717) is 5.13 Å². The van der Waals surface area contributed by atoms with E-state index in [1.807, 2.05) is 19.2 Å². The zero-order valence-electron chi connectivity index (χ0n) is 13.0. The van der Waals surface area contributed by atoms with Gasteiger partial charge < -0.3 is 5.32 Å². The van der Waals surface area contributed by atoms with Gasteiger partial charge in [0.25, 0.3) is 5.56 Å². The number of anilines is 1. The molecule has 0 aliphatic rings. The molecule has 0 atom stereocenters. The van der Waals surface area contributed by atoms with E-state index in [0.717, 1.165) is 15.8 Å². The molecule has 0 saturated heterocycles. The molecule has 0 saturated carbocycles. The summed E-state index contributed by atoms with van der Waals surface area (Å²) in [5.41, 5.74) is 0.758. The second-order valence-corrected chi connectivity index (χ2v) is 7.47. The molecule has 2 N–H and O–H groups in total. The average Bonchev–Trinajstić information content (AvgIpc) is 3.08. The molecule has 0 fully saturated rings. The van der Waals surface area contributed by atoms with Gasteiger partial charge in [0.2, 0.25) is 5.91 Å². The topological polar surface area (TPSA) is 96.9 Å². The van der Waals surface area contributed by atoms with Crippen LogP contribution >= 0.6 is 22.7 Å². The predicted octanol–water partition coefficient (Wildman–Crippen LogP) is 1.98. The summed E-state index contributed by atoms with van der Waals surface area (Å²) in [4.78, 5) is 43.5. The van der Waals surface area contributed by atoms with Crippen molar-refractivity contribution in [3.05, 3.63) is 54.3 Å². The first-order chi connectivity index (χ1) is 11.4. The van der Waals surface area contributed by atoms with Crippen molar-refractivity contribution in [2.45, 2.75) is 20.4 Å². The van der Waals surface area contributed by atoms with Crippen LogP contribution in [0.1, 0.15) is 9.75 Å². The van der Waals surface area contributed by atoms with Crippen molar-refractivity contribution in [2.24, 2.45) is 0 Å². The van der Waals surface area contributed by atoms with Gasteiger partial charge in [0, 0.05) is 33.0 Å². The highest BCUT2D eigenvalue weighted by Gasteiger charge is 2.12. The second kappa shape index (κ2) is 6.54. The van der Waals surface area contributed by atoms with Crippen LogP contribution in [0.3, 0.4) is 0 Å². The first-order valence-electron chi connectivity index (χ1n) is 7.05. The molecular weight excluding hydrogens is 348 g/mol. The number of H-pyrrole nitrogens is 1. The molecule has 1 amide bonds. The minimum absolute atomic E-state index is 0.193. The van der Waals surface area contributed by atoms with Crippen LogP contribution in [0, 0.1) is 13.8 Å². The number of aromatic amines is 1. The van der Waals surface area contributed by atoms with Crippen molar-refractivity contribution in [1.82, 2.24) is 14.5 Å². The van der Waals surface area contributed by atoms with Crippen molar-refractivity contribution in [2.75, 3.05) is 5.32 Å². The molecule has 0 unspecified atom stereocenters. The summed E-state index contributed by atoms with van der Waals surface area (Å²) in [6, 6.07) is 3.26. The van der Waals surface area contributed by atoms with Crippen LogP contribution in [0.2, 0.25) is 0 Å². The minimum Gasteiger partial charge on any atom is -0.300 e. The number of carbonyl (C=O) groups is 1. The largest absolute Gasteiger partial charge is 0.328 e. The summed E-state index contributed by atoms with van der Waals surface area (Å²) in [7, 11) is 0. The monoisotopic (exact) mass is 362 g/mol. The highest BCUT2D eigenvalue weighted by molar-refractivity contribution is 7.14. The molecule has 0 aromatic carbocycles. The Labute approximate surface area is 144 Å². The number of nitrogens with one attached hydrogen (secondary N) is 2. The maximum atomic E-state index is 12.0. The third-order valence-electron chi connectivity index (χ3n) is 3.28. The first kappa shape index (κ1) is 16.3. The Bertz CT molecular complexity index is 1010. The number of thiazole rings is 1. The normalized spacial score (nSPS) is 10.8. The van der Waals surface area contributed by atoms with Gasteiger partial charge >= 0.3 is 5.69 Å². The zero-order valence-corrected chi connectivity index (χ0v) is 14.6. The summed E-state index contributed by atoms with van der Waals surface area (Å²) in [6.45, 7) is 3.88. The summed E-state index contributed by atoms with van der Waals surface area (Å²) < 4.78 is 1.12. The molecule has 3 aromatic heterocycles. The van der Waals surface area contributed by atoms with Crippen molar-refractivity contribution in [1.29, 1.82) is 0 Å². The van der Waals surface area contributed by atoms with E-state index < -0.39 is 11.2 Å². The lowest BCUT2D eigenvalue weighted by molar-refractivity contribution is -0.116. The third-order valence-corrected chi connectivity index (χ3v) is 5.00. The Morgan fingerprint density at radius 2 is 2.17 bits per heavy atom. The number of aryl methyl sites for hydroxylation is 2. The van der Waals surface area contributed by atoms with Gasteiger partial charge in [-0.1, -0.05) is 0 Å². The SMILES string of the molecule is Cc1cc(-c2csc(NC(=O)Cn3ccc(=O)[nH]c3=O)n2)c(C)s1. The van der Waals surface area contributed by atoms with E-state index in [2.05, 4.69) is 21.4 Å². The summed E-state index contributed by atoms with van der Waals surface area (Å²) in [5.74, 6) is -0.386. The van der Waals surface area contributed by atoms with Gasteiger partial charge in [0.15, 0.2) is 5.13 Å². The van der Waals surface area contributed by atoms with Gasteiger partial charge in [-0.15, -0.1) is 22.7 Å². The highest BCUT2D eigenvalue weighted by atomic mass is 32.1. The van der Waals surface area contributed by atoms with Crippen molar-refractivity contribution in [3.8, 4) is 11.3 Å². The van der Waals surface area contributed by atoms with Crippen LogP contribution < -0.4 is 16.6 Å². The fraction of sp³-hybridized carbons (Fsp3) is 0.200. The smallest absolute Gasteiger partial charge is 0.300 e. The first-order valence-corrected chi connectivity index (χ1v) is 8.74. The van der Waals surface area contributed by atoms with Crippen LogP contribution in [0.15, 0.2) is 33.3 Å². The number of amides is 1. The standard InChI is InChI=1S/C15H14N4O3S2/c1-8-5-10(9(2)24-8)11-7-23-14(16-11)17-13(21)6-19-4-3-12(20)18-15(19)22/h3-5,7H,6H2,1-2H3,(H,16,17,21)(H,18,20,22). The van der Waals surface area contributed by atoms with Gasteiger partial charge in [-0.2, -0.15) is 0 Å². The lowest BCUT2D eigenvalue weighted by Crippen LogP contribution is -2.32. The molecule has 3 aromatic rings. The summed E-state index contributed by atoms with van der Waals surface area (Å²) >= 11 is 3.03. The lowest BCUT2D eigenvalue weighted by atomic mass is 10.2. The molecule has 0 spiro atoms. The molecule has 9 heteroatoms. The average molecular weight is 362 g/mol. The van der Waals surface area contributed by atoms with Gasteiger partial charge in [0.05, 0.1) is 5.69 Å². The van der Waals surface area contributed by atoms with E-state index in [-0.39, 0.29) is 12.5 Å². The molecule has 24 heavy (non-hydrogen) atoms. The van der Waals surface area contributed by atoms with Crippen molar-refractivity contribution >= 4 is 33.7 Å². The molecular formula is C15H14N4O3S2. The number of rotatable bonds is 4. The van der Waals surface area contributed by atoms with Gasteiger partial charge in [0.1, 0.15) is 6.54 Å². The van der Waals surface area contributed by atoms with Crippen LogP contribution in [0.25, 0.3) is 11.3 Å². The van der Waals surface area contributed by atoms with Crippen LogP contribution in [-0.4, -0.2) is 20.4 Å². The number of thiophene rings is 1. The Morgan fingerprint density at radius 3 is 2.83 bits per heavy atom. The van der Waals surface area contributed by atoms with Gasteiger partial charge in [-0.05, 0) is 19.9 Å². The quantitative estimate of drug-likeness (QED) is 0.742. The number of hydrogen-bond acceptors (Lipinski definition) is 6. The van der Waals surface area contributed by atoms with E-state index in [1.165, 1.54) is 33.4 Å². The molecule has 3 heterocycles. The molecule has 0 aliphatic heterocycles. The fourth-order valence-corrected chi connectivity index (χ4v) is 3.88. The molecule has 0 bridgehead atoms. The van der Waals surface area contributed by atoms with Crippen LogP contribution in [0.5, 0.6) is 0 Å². The van der Waals surface area contributed by atoms with Gasteiger partial charge in [-0.3, -0.25) is 19.1 Å². The Hall–Kier alpha value is -2.52. The van der Waals surface area contributed by atoms with Gasteiger partial charge in [-0.25, -0.2) is 9.78 Å². The number of aromatic nitrogens is 3. The zero-order chi connectivity index (χ0) is 17.3. The minimum atomic E-state index is -0.623. The lowest BCUT2D eigenvalue weighted by Gasteiger charge is -2.04. The van der Waals surface area contributed by atoms with E-state index in [9.17, 15) is 14.4 Å². The summed E-state index contributed by atoms with van der Waals surface area (Å²) in [6.07, 6.45) is 1.28. The predicted molar refractivity (Wildman–Crippen MR) is 94.9 cm³/mol. The van der Waals surface area contributed by atoms with E-state index in [1.54, 1.807) is 11.3 Å². The van der Waals surface area contributed by atoms with Crippen molar-refractivity contribution in [3.63, 3.8) is 0 Å². The molecule has 0 radical (unpaired) electrons. The summed E-state index contributed by atoms with van der Waals surface area (Å²) in [5, 5.41) is 5.02. The number of nitrogens with zero attached hydrogens (tertiary/aromatic N) is 2. The molecule has 124 valence electrons. The van der Waals surface area contributed by atoms with Crippen molar-refractivity contribution < 1.29 is 4.79 Å². The molecule has 3 rings (SSSR count). The number of hydrogen-bond donors (Lipinski definition) is 2. The van der Waals surface area contributed by atoms with Crippen LogP contribution in [-0.2, 0) is 11.3 Å². The Balaban J connectivity index is 1.72. The fourth-order valence-electron chi connectivity index (χ4n) is 2.22. The molecule has 7 nitrogen and oxygen atoms in total. The maximum absolute atomic E-state index is 12.0. The second-order valence-electron chi connectivity index (χ2n) is 5.15. The Kier molecular flexibility index (Phi) is 4.45. The third kappa shape index (κ3) is 3.52. The highest BCUT2D eigenvalue weighted by Crippen LogP contribution is 2.32. The maximum Gasteiger partial charge on any atom is 0.328 e. The molecule has 0 aliphatic carbocycles. The number of carbonyl (C=O) groups excluding carboxylic acids is 1. The van der Waals surface area contributed by atoms with E-state index in [4.69, 9.17) is 0 Å². The van der Waals surface area contributed by atoms with E-state index >= 15 is 0 Å². The Morgan fingerprint density at radius 1 is 1.38 bits per heavy atom.